The maximum Gasteiger partial charge on any atom is 0.261 e. The van der Waals surface area contributed by atoms with Gasteiger partial charge in [-0.25, -0.2) is 0 Å². The van der Waals surface area contributed by atoms with Crippen molar-refractivity contribution in [2.75, 3.05) is 0 Å². The second kappa shape index (κ2) is 6.86. The van der Waals surface area contributed by atoms with Crippen LogP contribution in [-0.2, 0) is 4.79 Å². The fraction of sp³-hybridized carbons (Fsp3) is 0.350. The number of nitrogens with one attached hydrogen (secondary N) is 1. The molecule has 1 N–H and O–H groups in total. The molecular formula is C20H23NO2. The average molecular weight is 309 g/mol. The van der Waals surface area contributed by atoms with Crippen LogP contribution in [0.4, 0.5) is 0 Å². The lowest BCUT2D eigenvalue weighted by Gasteiger charge is -2.22. The van der Waals surface area contributed by atoms with E-state index in [1.165, 1.54) is 24.0 Å². The first-order chi connectivity index (χ1) is 11.1. The molecule has 23 heavy (non-hydrogen) atoms. The maximum absolute atomic E-state index is 12.5. The summed E-state index contributed by atoms with van der Waals surface area (Å²) in [6.07, 6.45) is 1.84. The molecule has 0 saturated heterocycles. The standard InChI is InChI=1S/C20H23NO2/c1-14-8-12-18(13-9-14)23-15(2)20(22)21-19(17-10-11-17)16-6-4-3-5-7-16/h3-9,12-13,15,17,19H,10-11H2,1-2H3,(H,21,22). The third-order valence-corrected chi connectivity index (χ3v) is 4.25. The van der Waals surface area contributed by atoms with Crippen molar-refractivity contribution in [1.82, 2.24) is 5.32 Å². The summed E-state index contributed by atoms with van der Waals surface area (Å²) < 4.78 is 5.76. The molecule has 3 nitrogen and oxygen atoms in total. The third-order valence-electron chi connectivity index (χ3n) is 4.25. The van der Waals surface area contributed by atoms with Crippen LogP contribution in [-0.4, -0.2) is 12.0 Å². The molecular weight excluding hydrogens is 286 g/mol. The zero-order chi connectivity index (χ0) is 16.2. The number of carbonyl (C=O) groups excluding carboxylic acids is 1. The van der Waals surface area contributed by atoms with Crippen molar-refractivity contribution in [1.29, 1.82) is 0 Å². The van der Waals surface area contributed by atoms with Gasteiger partial charge in [0.2, 0.25) is 0 Å². The summed E-state index contributed by atoms with van der Waals surface area (Å²) in [6.45, 7) is 3.82. The Morgan fingerprint density at radius 1 is 1.09 bits per heavy atom. The predicted octanol–water partition coefficient (Wildman–Crippen LogP) is 4.03. The molecule has 1 fully saturated rings. The summed E-state index contributed by atoms with van der Waals surface area (Å²) in [4.78, 5) is 12.5. The minimum Gasteiger partial charge on any atom is -0.481 e. The molecule has 1 amide bonds. The number of hydrogen-bond donors (Lipinski definition) is 1. The third kappa shape index (κ3) is 4.13. The summed E-state index contributed by atoms with van der Waals surface area (Å²) in [6, 6.07) is 18.0. The van der Waals surface area contributed by atoms with Crippen LogP contribution in [0.3, 0.4) is 0 Å². The molecule has 2 aromatic rings. The van der Waals surface area contributed by atoms with Crippen LogP contribution in [0.25, 0.3) is 0 Å². The van der Waals surface area contributed by atoms with Gasteiger partial charge in [-0.15, -0.1) is 0 Å². The topological polar surface area (TPSA) is 38.3 Å². The fourth-order valence-electron chi connectivity index (χ4n) is 2.71. The fourth-order valence-corrected chi connectivity index (χ4v) is 2.71. The number of hydrogen-bond acceptors (Lipinski definition) is 2. The molecule has 3 heteroatoms. The van der Waals surface area contributed by atoms with Gasteiger partial charge in [0.05, 0.1) is 6.04 Å². The van der Waals surface area contributed by atoms with Crippen LogP contribution in [0.1, 0.15) is 36.9 Å². The van der Waals surface area contributed by atoms with E-state index in [4.69, 9.17) is 4.74 Å². The number of carbonyl (C=O) groups is 1. The van der Waals surface area contributed by atoms with Crippen molar-refractivity contribution in [3.8, 4) is 5.75 Å². The molecule has 2 unspecified atom stereocenters. The Balaban J connectivity index is 1.63. The van der Waals surface area contributed by atoms with E-state index in [2.05, 4.69) is 17.4 Å². The van der Waals surface area contributed by atoms with Gasteiger partial charge in [-0.05, 0) is 50.3 Å². The molecule has 1 aliphatic rings. The van der Waals surface area contributed by atoms with Crippen LogP contribution < -0.4 is 10.1 Å². The molecule has 1 saturated carbocycles. The number of benzene rings is 2. The Kier molecular flexibility index (Phi) is 4.65. The van der Waals surface area contributed by atoms with Gasteiger partial charge in [0.15, 0.2) is 6.10 Å². The lowest BCUT2D eigenvalue weighted by Crippen LogP contribution is -2.39. The van der Waals surface area contributed by atoms with Gasteiger partial charge in [-0.1, -0.05) is 48.0 Å². The van der Waals surface area contributed by atoms with E-state index in [1.54, 1.807) is 6.92 Å². The number of amides is 1. The summed E-state index contributed by atoms with van der Waals surface area (Å²) in [5, 5.41) is 3.16. The smallest absolute Gasteiger partial charge is 0.261 e. The maximum atomic E-state index is 12.5. The molecule has 1 aliphatic carbocycles. The Bertz CT molecular complexity index is 647. The van der Waals surface area contributed by atoms with Crippen molar-refractivity contribution in [2.45, 2.75) is 38.8 Å². The molecule has 0 aliphatic heterocycles. The van der Waals surface area contributed by atoms with E-state index in [0.29, 0.717) is 5.92 Å². The van der Waals surface area contributed by atoms with Gasteiger partial charge in [0.1, 0.15) is 5.75 Å². The van der Waals surface area contributed by atoms with Gasteiger partial charge in [0, 0.05) is 0 Å². The molecule has 0 aromatic heterocycles. The normalized spacial score (nSPS) is 16.4. The van der Waals surface area contributed by atoms with Crippen molar-refractivity contribution >= 4 is 5.91 Å². The molecule has 0 heterocycles. The zero-order valence-corrected chi connectivity index (χ0v) is 13.7. The second-order valence-electron chi connectivity index (χ2n) is 6.31. The van der Waals surface area contributed by atoms with Gasteiger partial charge >= 0.3 is 0 Å². The summed E-state index contributed by atoms with van der Waals surface area (Å²) in [5.41, 5.74) is 2.35. The van der Waals surface area contributed by atoms with Crippen LogP contribution in [0.2, 0.25) is 0 Å². The quantitative estimate of drug-likeness (QED) is 0.875. The van der Waals surface area contributed by atoms with E-state index in [9.17, 15) is 4.79 Å². The number of rotatable bonds is 6. The first kappa shape index (κ1) is 15.6. The highest BCUT2D eigenvalue weighted by Gasteiger charge is 2.34. The van der Waals surface area contributed by atoms with E-state index in [0.717, 1.165) is 5.75 Å². The molecule has 2 aromatic carbocycles. The molecule has 0 spiro atoms. The van der Waals surface area contributed by atoms with Gasteiger partial charge in [-0.3, -0.25) is 4.79 Å². The van der Waals surface area contributed by atoms with Crippen molar-refractivity contribution in [2.24, 2.45) is 5.92 Å². The van der Waals surface area contributed by atoms with E-state index in [1.807, 2.05) is 49.4 Å². The molecule has 3 rings (SSSR count). The summed E-state index contributed by atoms with van der Waals surface area (Å²) in [5.74, 6) is 1.21. The SMILES string of the molecule is Cc1ccc(OC(C)C(=O)NC(c2ccccc2)C2CC2)cc1. The minimum atomic E-state index is -0.511. The average Bonchev–Trinajstić information content (AvgIpc) is 3.40. The van der Waals surface area contributed by atoms with Crippen LogP contribution in [0.5, 0.6) is 5.75 Å². The van der Waals surface area contributed by atoms with E-state index >= 15 is 0 Å². The largest absolute Gasteiger partial charge is 0.481 e. The van der Waals surface area contributed by atoms with Crippen LogP contribution in [0.15, 0.2) is 54.6 Å². The Morgan fingerprint density at radius 2 is 1.74 bits per heavy atom. The van der Waals surface area contributed by atoms with Gasteiger partial charge in [-0.2, -0.15) is 0 Å². The highest BCUT2D eigenvalue weighted by atomic mass is 16.5. The van der Waals surface area contributed by atoms with E-state index in [-0.39, 0.29) is 11.9 Å². The first-order valence-corrected chi connectivity index (χ1v) is 8.22. The van der Waals surface area contributed by atoms with Crippen molar-refractivity contribution in [3.05, 3.63) is 65.7 Å². The lowest BCUT2D eigenvalue weighted by atomic mass is 10.0. The highest BCUT2D eigenvalue weighted by molar-refractivity contribution is 5.81. The molecule has 2 atom stereocenters. The van der Waals surface area contributed by atoms with Crippen LogP contribution in [0, 0.1) is 12.8 Å². The Hall–Kier alpha value is -2.29. The second-order valence-corrected chi connectivity index (χ2v) is 6.31. The molecule has 0 bridgehead atoms. The lowest BCUT2D eigenvalue weighted by molar-refractivity contribution is -0.128. The zero-order valence-electron chi connectivity index (χ0n) is 13.7. The molecule has 0 radical (unpaired) electrons. The predicted molar refractivity (Wildman–Crippen MR) is 91.3 cm³/mol. The summed E-state index contributed by atoms with van der Waals surface area (Å²) in [7, 11) is 0. The summed E-state index contributed by atoms with van der Waals surface area (Å²) >= 11 is 0. The monoisotopic (exact) mass is 309 g/mol. The molecule has 120 valence electrons. The Labute approximate surface area is 137 Å². The Morgan fingerprint density at radius 3 is 2.35 bits per heavy atom. The van der Waals surface area contributed by atoms with Crippen LogP contribution >= 0.6 is 0 Å². The van der Waals surface area contributed by atoms with Crippen molar-refractivity contribution < 1.29 is 9.53 Å². The first-order valence-electron chi connectivity index (χ1n) is 8.22. The number of aryl methyl sites for hydroxylation is 1. The minimum absolute atomic E-state index is 0.0636. The van der Waals surface area contributed by atoms with E-state index < -0.39 is 6.10 Å². The van der Waals surface area contributed by atoms with Crippen molar-refractivity contribution in [3.63, 3.8) is 0 Å². The van der Waals surface area contributed by atoms with Gasteiger partial charge < -0.3 is 10.1 Å². The number of ether oxygens (including phenoxy) is 1. The highest BCUT2D eigenvalue weighted by Crippen LogP contribution is 2.41. The van der Waals surface area contributed by atoms with Gasteiger partial charge in [0.25, 0.3) is 5.91 Å².